The second kappa shape index (κ2) is 42.0. The topological polar surface area (TPSA) is 55.8 Å². The molecule has 0 bridgehead atoms. The fourth-order valence-electron chi connectivity index (χ4n) is 6.31. The van der Waals surface area contributed by atoms with E-state index >= 15 is 0 Å². The third-order valence-electron chi connectivity index (χ3n) is 9.51. The van der Waals surface area contributed by atoms with Crippen molar-refractivity contribution in [1.29, 1.82) is 0 Å². The molecule has 284 valence electrons. The van der Waals surface area contributed by atoms with E-state index in [0.29, 0.717) is 19.6 Å². The molecule has 0 aliphatic rings. The molecule has 0 fully saturated rings. The number of aliphatic hydroxyl groups is 1. The largest absolute Gasteiger partial charge is 0.457 e. The molecule has 0 amide bonds. The van der Waals surface area contributed by atoms with Crippen LogP contribution < -0.4 is 0 Å². The maximum atomic E-state index is 12.2. The molecule has 0 spiro atoms. The normalized spacial score (nSPS) is 12.5. The van der Waals surface area contributed by atoms with Crippen molar-refractivity contribution in [3.05, 3.63) is 24.3 Å². The number of aliphatic hydroxyl groups excluding tert-OH is 1. The quantitative estimate of drug-likeness (QED) is 0.0399. The number of hydrogen-bond acceptors (Lipinski definition) is 4. The van der Waals surface area contributed by atoms with Crippen molar-refractivity contribution >= 4 is 5.97 Å². The summed E-state index contributed by atoms with van der Waals surface area (Å²) in [5.41, 5.74) is 0. The Morgan fingerprint density at radius 1 is 0.500 bits per heavy atom. The van der Waals surface area contributed by atoms with Crippen LogP contribution in [0.1, 0.15) is 226 Å². The summed E-state index contributed by atoms with van der Waals surface area (Å²) in [5, 5.41) is 9.58. The lowest BCUT2D eigenvalue weighted by molar-refractivity contribution is -0.154. The minimum absolute atomic E-state index is 0.174. The first-order chi connectivity index (χ1) is 23.7. The second-order valence-corrected chi connectivity index (χ2v) is 14.4. The molecule has 0 aliphatic carbocycles. The number of allylic oxidation sites excluding steroid dienone is 4. The highest BCUT2D eigenvalue weighted by Gasteiger charge is 2.13. The molecule has 0 saturated heterocycles. The highest BCUT2D eigenvalue weighted by molar-refractivity contribution is 5.69. The van der Waals surface area contributed by atoms with E-state index in [4.69, 9.17) is 9.47 Å². The van der Waals surface area contributed by atoms with Crippen molar-refractivity contribution in [2.75, 3.05) is 19.8 Å². The Hall–Kier alpha value is -1.13. The smallest absolute Gasteiger partial charge is 0.306 e. The SMILES string of the molecule is CCC/C=C\C/C=C\CCCCCCCC(=O)OC(CO)COCCCCCCCCCCCCCCCCCCCCCCCCC. The van der Waals surface area contributed by atoms with Crippen molar-refractivity contribution < 1.29 is 19.4 Å². The number of carbonyl (C=O) groups excluding carboxylic acids is 1. The number of hydrogen-bond donors (Lipinski definition) is 1. The lowest BCUT2D eigenvalue weighted by Crippen LogP contribution is -2.27. The highest BCUT2D eigenvalue weighted by Crippen LogP contribution is 2.16. The van der Waals surface area contributed by atoms with Gasteiger partial charge in [0.05, 0.1) is 13.2 Å². The first-order valence-electron chi connectivity index (χ1n) is 21.4. The zero-order valence-corrected chi connectivity index (χ0v) is 32.5. The van der Waals surface area contributed by atoms with E-state index in [2.05, 4.69) is 38.2 Å². The average Bonchev–Trinajstić information content (AvgIpc) is 3.09. The third-order valence-corrected chi connectivity index (χ3v) is 9.51. The first-order valence-corrected chi connectivity index (χ1v) is 21.4. The fourth-order valence-corrected chi connectivity index (χ4v) is 6.31. The molecule has 0 aromatic rings. The standard InChI is InChI=1S/C44H84O4/c1-3-5-7-9-11-13-15-17-18-19-20-21-22-23-24-25-26-28-30-32-34-36-38-40-47-42-43(41-45)48-44(46)39-37-35-33-31-29-27-16-14-12-10-8-6-4-2/h8,10,14,16,43,45H,3-7,9,11-13,15,17-42H2,1-2H3/b10-8-,16-14-. The Labute approximate surface area is 300 Å². The molecule has 0 aliphatic heterocycles. The molecule has 1 atom stereocenters. The van der Waals surface area contributed by atoms with E-state index in [-0.39, 0.29) is 12.6 Å². The van der Waals surface area contributed by atoms with Gasteiger partial charge in [0.15, 0.2) is 0 Å². The number of rotatable bonds is 40. The lowest BCUT2D eigenvalue weighted by Gasteiger charge is -2.15. The monoisotopic (exact) mass is 677 g/mol. The van der Waals surface area contributed by atoms with Gasteiger partial charge in [0.25, 0.3) is 0 Å². The van der Waals surface area contributed by atoms with Crippen molar-refractivity contribution in [2.24, 2.45) is 0 Å². The molecule has 48 heavy (non-hydrogen) atoms. The summed E-state index contributed by atoms with van der Waals surface area (Å²) in [6.07, 6.45) is 51.0. The molecule has 4 heteroatoms. The van der Waals surface area contributed by atoms with Crippen LogP contribution in [0.4, 0.5) is 0 Å². The maximum absolute atomic E-state index is 12.2. The predicted molar refractivity (Wildman–Crippen MR) is 210 cm³/mol. The average molecular weight is 677 g/mol. The van der Waals surface area contributed by atoms with Gasteiger partial charge in [-0.15, -0.1) is 0 Å². The van der Waals surface area contributed by atoms with Gasteiger partial charge in [-0.1, -0.05) is 205 Å². The van der Waals surface area contributed by atoms with Gasteiger partial charge in [-0.25, -0.2) is 0 Å². The van der Waals surface area contributed by atoms with Gasteiger partial charge < -0.3 is 14.6 Å². The van der Waals surface area contributed by atoms with Crippen LogP contribution in [0.15, 0.2) is 24.3 Å². The summed E-state index contributed by atoms with van der Waals surface area (Å²) in [4.78, 5) is 12.2. The van der Waals surface area contributed by atoms with E-state index < -0.39 is 6.10 Å². The van der Waals surface area contributed by atoms with Crippen LogP contribution in [0.25, 0.3) is 0 Å². The van der Waals surface area contributed by atoms with Gasteiger partial charge in [0.2, 0.25) is 0 Å². The van der Waals surface area contributed by atoms with Gasteiger partial charge in [-0.2, -0.15) is 0 Å². The van der Waals surface area contributed by atoms with E-state index in [1.54, 1.807) is 0 Å². The Morgan fingerprint density at radius 3 is 1.38 bits per heavy atom. The zero-order chi connectivity index (χ0) is 34.9. The van der Waals surface area contributed by atoms with Crippen LogP contribution in [0.3, 0.4) is 0 Å². The maximum Gasteiger partial charge on any atom is 0.306 e. The van der Waals surface area contributed by atoms with Gasteiger partial charge in [-0.05, 0) is 38.5 Å². The molecule has 0 saturated carbocycles. The Morgan fingerprint density at radius 2 is 0.917 bits per heavy atom. The lowest BCUT2D eigenvalue weighted by atomic mass is 10.0. The van der Waals surface area contributed by atoms with Crippen LogP contribution in [-0.4, -0.2) is 37.0 Å². The summed E-state index contributed by atoms with van der Waals surface area (Å²) in [5.74, 6) is -0.212. The molecule has 0 aromatic heterocycles. The summed E-state index contributed by atoms with van der Waals surface area (Å²) in [6, 6.07) is 0. The molecule has 0 rings (SSSR count). The number of esters is 1. The molecular formula is C44H84O4. The number of ether oxygens (including phenoxy) is 2. The molecule has 0 radical (unpaired) electrons. The van der Waals surface area contributed by atoms with E-state index in [1.807, 2.05) is 0 Å². The summed E-state index contributed by atoms with van der Waals surface area (Å²) in [7, 11) is 0. The van der Waals surface area contributed by atoms with Crippen LogP contribution in [0, 0.1) is 0 Å². The third kappa shape index (κ3) is 39.3. The van der Waals surface area contributed by atoms with Crippen LogP contribution in [0.2, 0.25) is 0 Å². The molecule has 1 unspecified atom stereocenters. The van der Waals surface area contributed by atoms with Crippen molar-refractivity contribution in [3.8, 4) is 0 Å². The summed E-state index contributed by atoms with van der Waals surface area (Å²) in [6.45, 7) is 5.30. The van der Waals surface area contributed by atoms with E-state index in [9.17, 15) is 9.90 Å². The molecule has 0 heterocycles. The summed E-state index contributed by atoms with van der Waals surface area (Å²) >= 11 is 0. The minimum atomic E-state index is -0.536. The molecule has 0 aromatic carbocycles. The number of carbonyl (C=O) groups is 1. The van der Waals surface area contributed by atoms with Gasteiger partial charge in [-0.3, -0.25) is 4.79 Å². The Kier molecular flexibility index (Phi) is 41.0. The van der Waals surface area contributed by atoms with E-state index in [0.717, 1.165) is 38.5 Å². The minimum Gasteiger partial charge on any atom is -0.457 e. The van der Waals surface area contributed by atoms with Gasteiger partial charge in [0, 0.05) is 13.0 Å². The first kappa shape index (κ1) is 46.9. The summed E-state index contributed by atoms with van der Waals surface area (Å²) < 4.78 is 11.1. The van der Waals surface area contributed by atoms with Crippen molar-refractivity contribution in [2.45, 2.75) is 232 Å². The Bertz CT molecular complexity index is 673. The van der Waals surface area contributed by atoms with Crippen molar-refractivity contribution in [1.82, 2.24) is 0 Å². The molecular weight excluding hydrogens is 592 g/mol. The van der Waals surface area contributed by atoms with Crippen LogP contribution in [0.5, 0.6) is 0 Å². The van der Waals surface area contributed by atoms with E-state index in [1.165, 1.54) is 167 Å². The highest BCUT2D eigenvalue weighted by atomic mass is 16.6. The van der Waals surface area contributed by atoms with Crippen molar-refractivity contribution in [3.63, 3.8) is 0 Å². The molecule has 1 N–H and O–H groups in total. The number of unbranched alkanes of at least 4 members (excludes halogenated alkanes) is 28. The van der Waals surface area contributed by atoms with Gasteiger partial charge in [0.1, 0.15) is 6.10 Å². The Balaban J connectivity index is 3.36. The molecule has 4 nitrogen and oxygen atoms in total. The predicted octanol–water partition coefficient (Wildman–Crippen LogP) is 13.9. The van der Waals surface area contributed by atoms with Crippen LogP contribution in [-0.2, 0) is 14.3 Å². The second-order valence-electron chi connectivity index (χ2n) is 14.4. The van der Waals surface area contributed by atoms with Crippen LogP contribution >= 0.6 is 0 Å². The fraction of sp³-hybridized carbons (Fsp3) is 0.886. The zero-order valence-electron chi connectivity index (χ0n) is 32.5. The van der Waals surface area contributed by atoms with Gasteiger partial charge >= 0.3 is 5.97 Å².